The summed E-state index contributed by atoms with van der Waals surface area (Å²) < 4.78 is 0. The summed E-state index contributed by atoms with van der Waals surface area (Å²) >= 11 is 0. The summed E-state index contributed by atoms with van der Waals surface area (Å²) in [5.74, 6) is 0. The van der Waals surface area contributed by atoms with E-state index in [4.69, 9.17) is 0 Å². The van der Waals surface area contributed by atoms with Crippen molar-refractivity contribution in [2.75, 3.05) is 5.32 Å². The van der Waals surface area contributed by atoms with Crippen LogP contribution in [-0.4, -0.2) is 6.04 Å². The van der Waals surface area contributed by atoms with Crippen LogP contribution >= 0.6 is 0 Å². The molecule has 21 heavy (non-hydrogen) atoms. The molecule has 0 atom stereocenters. The molecule has 0 bridgehead atoms. The third-order valence-corrected chi connectivity index (χ3v) is 4.75. The molecule has 0 spiro atoms. The Bertz CT molecular complexity index is 332. The van der Waals surface area contributed by atoms with Crippen molar-refractivity contribution in [2.45, 2.75) is 89.5 Å². The number of rotatable bonds is 2. The Labute approximate surface area is 131 Å². The summed E-state index contributed by atoms with van der Waals surface area (Å²) in [5.41, 5.74) is 1.30. The molecule has 0 unspecified atom stereocenters. The summed E-state index contributed by atoms with van der Waals surface area (Å²) in [7, 11) is 0. The average molecular weight is 287 g/mol. The normalized spacial score (nSPS) is 20.6. The van der Waals surface area contributed by atoms with E-state index in [2.05, 4.69) is 35.6 Å². The lowest BCUT2D eigenvalue weighted by Crippen LogP contribution is -2.19. The first-order chi connectivity index (χ1) is 10.4. The van der Waals surface area contributed by atoms with E-state index in [1.807, 2.05) is 0 Å². The predicted molar refractivity (Wildman–Crippen MR) is 93.9 cm³/mol. The van der Waals surface area contributed by atoms with Gasteiger partial charge in [0.25, 0.3) is 0 Å². The third kappa shape index (κ3) is 7.55. The Morgan fingerprint density at radius 3 is 1.48 bits per heavy atom. The van der Waals surface area contributed by atoms with E-state index in [9.17, 15) is 0 Å². The molecule has 1 nitrogen and oxygen atoms in total. The number of hydrogen-bond donors (Lipinski definition) is 1. The van der Waals surface area contributed by atoms with E-state index in [0.717, 1.165) is 0 Å². The summed E-state index contributed by atoms with van der Waals surface area (Å²) in [6, 6.07) is 11.4. The standard InChI is InChI=1S/C20H33N/c1-2-4-6-8-11-15-19(16-12-9-7-5-3-1)21-20-17-13-10-14-18-20/h10,13-14,17-19,21H,1-9,11-12,15-16H2. The Morgan fingerprint density at radius 2 is 1.00 bits per heavy atom. The van der Waals surface area contributed by atoms with Crippen LogP contribution in [0.5, 0.6) is 0 Å². The molecule has 118 valence electrons. The van der Waals surface area contributed by atoms with E-state index in [1.165, 1.54) is 89.2 Å². The maximum absolute atomic E-state index is 3.76. The first-order valence-corrected chi connectivity index (χ1v) is 9.27. The van der Waals surface area contributed by atoms with Gasteiger partial charge in [0.1, 0.15) is 0 Å². The molecule has 0 saturated heterocycles. The fraction of sp³-hybridized carbons (Fsp3) is 0.700. The monoisotopic (exact) mass is 287 g/mol. The number of benzene rings is 1. The van der Waals surface area contributed by atoms with Gasteiger partial charge in [-0.1, -0.05) is 88.8 Å². The van der Waals surface area contributed by atoms with Crippen molar-refractivity contribution in [2.24, 2.45) is 0 Å². The Kier molecular flexibility index (Phi) is 8.36. The fourth-order valence-corrected chi connectivity index (χ4v) is 3.43. The lowest BCUT2D eigenvalue weighted by Gasteiger charge is -2.20. The van der Waals surface area contributed by atoms with Crippen molar-refractivity contribution in [1.29, 1.82) is 0 Å². The third-order valence-electron chi connectivity index (χ3n) is 4.75. The highest BCUT2D eigenvalue weighted by Crippen LogP contribution is 2.19. The van der Waals surface area contributed by atoms with Crippen molar-refractivity contribution in [3.63, 3.8) is 0 Å². The molecule has 1 saturated carbocycles. The minimum atomic E-state index is 0.676. The number of anilines is 1. The van der Waals surface area contributed by atoms with Crippen LogP contribution in [-0.2, 0) is 0 Å². The zero-order valence-electron chi connectivity index (χ0n) is 13.7. The first kappa shape index (κ1) is 16.4. The summed E-state index contributed by atoms with van der Waals surface area (Å²) in [4.78, 5) is 0. The van der Waals surface area contributed by atoms with Crippen LogP contribution in [0, 0.1) is 0 Å². The molecule has 1 heteroatoms. The van der Waals surface area contributed by atoms with Crippen molar-refractivity contribution in [3.05, 3.63) is 30.3 Å². The van der Waals surface area contributed by atoms with Crippen LogP contribution < -0.4 is 5.32 Å². The van der Waals surface area contributed by atoms with Crippen molar-refractivity contribution in [1.82, 2.24) is 0 Å². The maximum Gasteiger partial charge on any atom is 0.0342 e. The van der Waals surface area contributed by atoms with Gasteiger partial charge in [0.15, 0.2) is 0 Å². The van der Waals surface area contributed by atoms with Crippen LogP contribution in [0.25, 0.3) is 0 Å². The Balaban J connectivity index is 1.78. The van der Waals surface area contributed by atoms with E-state index in [1.54, 1.807) is 0 Å². The van der Waals surface area contributed by atoms with Crippen LogP contribution in [0.2, 0.25) is 0 Å². The molecule has 1 aliphatic carbocycles. The van der Waals surface area contributed by atoms with Gasteiger partial charge in [0, 0.05) is 11.7 Å². The number of para-hydroxylation sites is 1. The highest BCUT2D eigenvalue weighted by molar-refractivity contribution is 5.43. The fourth-order valence-electron chi connectivity index (χ4n) is 3.43. The van der Waals surface area contributed by atoms with Crippen LogP contribution in [0.15, 0.2) is 30.3 Å². The Hall–Kier alpha value is -0.980. The van der Waals surface area contributed by atoms with Crippen LogP contribution in [0.3, 0.4) is 0 Å². The zero-order valence-corrected chi connectivity index (χ0v) is 13.7. The van der Waals surface area contributed by atoms with Gasteiger partial charge in [-0.05, 0) is 25.0 Å². The van der Waals surface area contributed by atoms with Gasteiger partial charge in [0.05, 0.1) is 0 Å². The maximum atomic E-state index is 3.76. The van der Waals surface area contributed by atoms with Crippen molar-refractivity contribution >= 4 is 5.69 Å². The second kappa shape index (κ2) is 10.7. The van der Waals surface area contributed by atoms with Crippen LogP contribution in [0.4, 0.5) is 5.69 Å². The van der Waals surface area contributed by atoms with Crippen molar-refractivity contribution < 1.29 is 0 Å². The minimum absolute atomic E-state index is 0.676. The largest absolute Gasteiger partial charge is 0.382 e. The summed E-state index contributed by atoms with van der Waals surface area (Å²) in [6.45, 7) is 0. The molecular formula is C20H33N. The van der Waals surface area contributed by atoms with Gasteiger partial charge >= 0.3 is 0 Å². The first-order valence-electron chi connectivity index (χ1n) is 9.27. The molecule has 0 heterocycles. The molecule has 1 N–H and O–H groups in total. The predicted octanol–water partition coefficient (Wildman–Crippen LogP) is 6.55. The molecule has 0 aliphatic heterocycles. The van der Waals surface area contributed by atoms with E-state index < -0.39 is 0 Å². The molecule has 1 fully saturated rings. The SMILES string of the molecule is c1ccc(NC2CCCCCCCCCCCCC2)cc1. The average Bonchev–Trinajstić information content (AvgIpc) is 2.52. The summed E-state index contributed by atoms with van der Waals surface area (Å²) in [5, 5.41) is 3.76. The van der Waals surface area contributed by atoms with Crippen LogP contribution in [0.1, 0.15) is 83.5 Å². The summed E-state index contributed by atoms with van der Waals surface area (Å²) in [6.07, 6.45) is 18.5. The molecular weight excluding hydrogens is 254 g/mol. The zero-order chi connectivity index (χ0) is 14.6. The van der Waals surface area contributed by atoms with Gasteiger partial charge in [-0.15, -0.1) is 0 Å². The lowest BCUT2D eigenvalue weighted by atomic mass is 9.98. The highest BCUT2D eigenvalue weighted by atomic mass is 14.9. The van der Waals surface area contributed by atoms with E-state index in [-0.39, 0.29) is 0 Å². The van der Waals surface area contributed by atoms with E-state index >= 15 is 0 Å². The van der Waals surface area contributed by atoms with Crippen molar-refractivity contribution in [3.8, 4) is 0 Å². The van der Waals surface area contributed by atoms with Gasteiger partial charge < -0.3 is 5.32 Å². The topological polar surface area (TPSA) is 12.0 Å². The molecule has 1 aromatic rings. The number of hydrogen-bond acceptors (Lipinski definition) is 1. The second-order valence-electron chi connectivity index (χ2n) is 6.67. The van der Waals surface area contributed by atoms with Gasteiger partial charge in [-0.2, -0.15) is 0 Å². The Morgan fingerprint density at radius 1 is 0.571 bits per heavy atom. The van der Waals surface area contributed by atoms with Gasteiger partial charge in [-0.3, -0.25) is 0 Å². The molecule has 2 rings (SSSR count). The second-order valence-corrected chi connectivity index (χ2v) is 6.67. The molecule has 1 aliphatic rings. The number of nitrogens with one attached hydrogen (secondary N) is 1. The molecule has 1 aromatic carbocycles. The lowest BCUT2D eigenvalue weighted by molar-refractivity contribution is 0.482. The van der Waals surface area contributed by atoms with E-state index in [0.29, 0.717) is 6.04 Å². The molecule has 0 radical (unpaired) electrons. The quantitative estimate of drug-likeness (QED) is 0.650. The smallest absolute Gasteiger partial charge is 0.0342 e. The van der Waals surface area contributed by atoms with Gasteiger partial charge in [-0.25, -0.2) is 0 Å². The highest BCUT2D eigenvalue weighted by Gasteiger charge is 2.08. The molecule has 0 amide bonds. The van der Waals surface area contributed by atoms with Gasteiger partial charge in [0.2, 0.25) is 0 Å². The minimum Gasteiger partial charge on any atom is -0.382 e. The molecule has 0 aromatic heterocycles.